The minimum absolute atomic E-state index is 0.0682. The number of ketones is 1. The van der Waals surface area contributed by atoms with Crippen LogP contribution in [0.5, 0.6) is 5.75 Å². The van der Waals surface area contributed by atoms with E-state index in [4.69, 9.17) is 33.1 Å². The van der Waals surface area contributed by atoms with Crippen LogP contribution in [0, 0.1) is 11.3 Å². The third kappa shape index (κ3) is 4.96. The molecule has 0 unspecified atom stereocenters. The number of hydrogen-bond acceptors (Lipinski definition) is 7. The zero-order chi connectivity index (χ0) is 20.2. The fraction of sp³-hybridized carbons (Fsp3) is 0.0625. The Labute approximate surface area is 165 Å². The van der Waals surface area contributed by atoms with Gasteiger partial charge < -0.3 is 4.74 Å². The number of nitriles is 1. The SMILES string of the molecule is COc1ccc(C(=O)/C(C#N)=N/Nc2cc(Cl)c(S(N)(=O)=O)cc2Cl)cc1. The Hall–Kier alpha value is -2.64. The van der Waals surface area contributed by atoms with E-state index in [9.17, 15) is 18.5 Å². The number of hydrogen-bond donors (Lipinski definition) is 2. The highest BCUT2D eigenvalue weighted by atomic mass is 35.5. The summed E-state index contributed by atoms with van der Waals surface area (Å²) >= 11 is 11.8. The van der Waals surface area contributed by atoms with E-state index in [0.29, 0.717) is 5.75 Å². The van der Waals surface area contributed by atoms with Crippen molar-refractivity contribution in [2.24, 2.45) is 10.2 Å². The van der Waals surface area contributed by atoms with Gasteiger partial charge in [0.25, 0.3) is 0 Å². The van der Waals surface area contributed by atoms with Gasteiger partial charge in [-0.25, -0.2) is 13.6 Å². The highest BCUT2D eigenvalue weighted by molar-refractivity contribution is 7.89. The maximum atomic E-state index is 12.3. The standard InChI is InChI=1S/C16H12Cl2N4O4S/c1-26-10-4-2-9(3-5-10)16(23)14(8-19)22-21-13-6-12(18)15(7-11(13)17)27(20,24)25/h2-7,21H,1H3,(H2,20,24,25)/b22-14+. The van der Waals surface area contributed by atoms with E-state index >= 15 is 0 Å². The van der Waals surface area contributed by atoms with Crippen LogP contribution < -0.4 is 15.3 Å². The number of nitrogens with two attached hydrogens (primary N) is 1. The smallest absolute Gasteiger partial charge is 0.239 e. The van der Waals surface area contributed by atoms with Gasteiger partial charge in [-0.2, -0.15) is 10.4 Å². The summed E-state index contributed by atoms with van der Waals surface area (Å²) in [5.41, 5.74) is 2.30. The fourth-order valence-electron chi connectivity index (χ4n) is 1.95. The minimum atomic E-state index is -4.06. The minimum Gasteiger partial charge on any atom is -0.497 e. The second kappa shape index (κ2) is 8.37. The molecule has 8 nitrogen and oxygen atoms in total. The van der Waals surface area contributed by atoms with Crippen LogP contribution in [-0.4, -0.2) is 27.0 Å². The van der Waals surface area contributed by atoms with E-state index in [-0.39, 0.29) is 26.2 Å². The van der Waals surface area contributed by atoms with Crippen LogP contribution in [0.15, 0.2) is 46.4 Å². The van der Waals surface area contributed by atoms with Crippen LogP contribution in [0.3, 0.4) is 0 Å². The lowest BCUT2D eigenvalue weighted by Crippen LogP contribution is -2.15. The number of primary sulfonamides is 1. The van der Waals surface area contributed by atoms with Crippen molar-refractivity contribution in [3.05, 3.63) is 52.0 Å². The number of halogens is 2. The lowest BCUT2D eigenvalue weighted by molar-refractivity contribution is 0.106. The van der Waals surface area contributed by atoms with Crippen molar-refractivity contribution in [3.8, 4) is 11.8 Å². The number of nitrogens with one attached hydrogen (secondary N) is 1. The number of Topliss-reactive ketones (excluding diaryl/α,β-unsaturated/α-hetero) is 1. The molecule has 0 amide bonds. The van der Waals surface area contributed by atoms with Crippen LogP contribution in [-0.2, 0) is 10.0 Å². The lowest BCUT2D eigenvalue weighted by atomic mass is 10.1. The highest BCUT2D eigenvalue weighted by Crippen LogP contribution is 2.31. The molecule has 140 valence electrons. The van der Waals surface area contributed by atoms with Gasteiger partial charge in [-0.1, -0.05) is 23.2 Å². The number of hydrazone groups is 1. The zero-order valence-corrected chi connectivity index (χ0v) is 16.1. The molecule has 3 N–H and O–H groups in total. The Morgan fingerprint density at radius 1 is 1.22 bits per heavy atom. The van der Waals surface area contributed by atoms with Crippen LogP contribution >= 0.6 is 23.2 Å². The second-order valence-electron chi connectivity index (χ2n) is 5.05. The predicted molar refractivity (Wildman–Crippen MR) is 102 cm³/mol. The number of ether oxygens (including phenoxy) is 1. The van der Waals surface area contributed by atoms with Crippen molar-refractivity contribution >= 4 is 50.4 Å². The first-order valence-corrected chi connectivity index (χ1v) is 9.42. The summed E-state index contributed by atoms with van der Waals surface area (Å²) in [6, 6.07) is 9.99. The summed E-state index contributed by atoms with van der Waals surface area (Å²) in [7, 11) is -2.58. The van der Waals surface area contributed by atoms with Gasteiger partial charge >= 0.3 is 0 Å². The maximum absolute atomic E-state index is 12.3. The summed E-state index contributed by atoms with van der Waals surface area (Å²) in [5, 5.41) is 17.7. The Bertz CT molecular complexity index is 1060. The molecule has 0 heterocycles. The zero-order valence-electron chi connectivity index (χ0n) is 13.7. The van der Waals surface area contributed by atoms with Crippen LogP contribution in [0.1, 0.15) is 10.4 Å². The topological polar surface area (TPSA) is 135 Å². The van der Waals surface area contributed by atoms with Crippen LogP contribution in [0.25, 0.3) is 0 Å². The Morgan fingerprint density at radius 3 is 2.37 bits per heavy atom. The number of carbonyl (C=O) groups is 1. The summed E-state index contributed by atoms with van der Waals surface area (Å²) in [6.45, 7) is 0. The van der Waals surface area contributed by atoms with Gasteiger partial charge in [0.1, 0.15) is 16.7 Å². The molecule has 0 aromatic heterocycles. The van der Waals surface area contributed by atoms with E-state index in [1.807, 2.05) is 0 Å². The molecule has 0 bridgehead atoms. The number of nitrogens with zero attached hydrogens (tertiary/aromatic N) is 2. The number of anilines is 1. The number of sulfonamides is 1. The van der Waals surface area contributed by atoms with Crippen LogP contribution in [0.2, 0.25) is 10.0 Å². The van der Waals surface area contributed by atoms with Gasteiger partial charge in [-0.05, 0) is 36.4 Å². The average Bonchev–Trinajstić information content (AvgIpc) is 2.63. The molecule has 2 rings (SSSR count). The molecule has 0 fully saturated rings. The fourth-order valence-corrected chi connectivity index (χ4v) is 3.32. The number of rotatable bonds is 6. The molecule has 0 aliphatic rings. The number of methoxy groups -OCH3 is 1. The average molecular weight is 427 g/mol. The van der Waals surface area contributed by atoms with E-state index in [2.05, 4.69) is 10.5 Å². The Kier molecular flexibility index (Phi) is 6.41. The van der Waals surface area contributed by atoms with Gasteiger partial charge in [-0.3, -0.25) is 10.2 Å². The first-order valence-electron chi connectivity index (χ1n) is 7.11. The molecule has 0 aliphatic carbocycles. The molecule has 0 spiro atoms. The first kappa shape index (κ1) is 20.7. The van der Waals surface area contributed by atoms with E-state index in [1.165, 1.54) is 25.3 Å². The number of benzene rings is 2. The van der Waals surface area contributed by atoms with Gasteiger partial charge in [-0.15, -0.1) is 0 Å². The van der Waals surface area contributed by atoms with Gasteiger partial charge in [0.05, 0.1) is 22.8 Å². The van der Waals surface area contributed by atoms with Crippen molar-refractivity contribution in [1.82, 2.24) is 0 Å². The Morgan fingerprint density at radius 2 is 1.85 bits per heavy atom. The molecule has 0 atom stereocenters. The lowest BCUT2D eigenvalue weighted by Gasteiger charge is -2.08. The van der Waals surface area contributed by atoms with Crippen molar-refractivity contribution < 1.29 is 17.9 Å². The summed E-state index contributed by atoms with van der Waals surface area (Å²) in [6.07, 6.45) is 0. The third-order valence-corrected chi connectivity index (χ3v) is 4.98. The molecular formula is C16H12Cl2N4O4S. The molecular weight excluding hydrogens is 415 g/mol. The molecule has 11 heteroatoms. The second-order valence-corrected chi connectivity index (χ2v) is 7.39. The highest BCUT2D eigenvalue weighted by Gasteiger charge is 2.17. The molecule has 0 radical (unpaired) electrons. The quantitative estimate of drug-likeness (QED) is 0.414. The summed E-state index contributed by atoms with van der Waals surface area (Å²) in [4.78, 5) is 12.0. The monoisotopic (exact) mass is 426 g/mol. The van der Waals surface area contributed by atoms with E-state index in [1.54, 1.807) is 18.2 Å². The normalized spacial score (nSPS) is 11.6. The van der Waals surface area contributed by atoms with E-state index < -0.39 is 21.5 Å². The third-order valence-electron chi connectivity index (χ3n) is 3.29. The van der Waals surface area contributed by atoms with Gasteiger partial charge in [0.2, 0.25) is 21.5 Å². The van der Waals surface area contributed by atoms with Crippen molar-refractivity contribution in [2.45, 2.75) is 4.90 Å². The Balaban J connectivity index is 2.30. The number of carbonyl (C=O) groups excluding carboxylic acids is 1. The molecule has 2 aromatic rings. The first-order chi connectivity index (χ1) is 12.7. The summed E-state index contributed by atoms with van der Waals surface area (Å²) in [5.74, 6) is -0.0764. The molecule has 0 saturated heterocycles. The van der Waals surface area contributed by atoms with Crippen molar-refractivity contribution in [3.63, 3.8) is 0 Å². The van der Waals surface area contributed by atoms with Crippen molar-refractivity contribution in [2.75, 3.05) is 12.5 Å². The van der Waals surface area contributed by atoms with Gasteiger partial charge in [0.15, 0.2) is 0 Å². The van der Waals surface area contributed by atoms with E-state index in [0.717, 1.165) is 6.07 Å². The van der Waals surface area contributed by atoms with Crippen LogP contribution in [0.4, 0.5) is 5.69 Å². The van der Waals surface area contributed by atoms with Gasteiger partial charge in [0, 0.05) is 5.56 Å². The molecule has 0 saturated carbocycles. The van der Waals surface area contributed by atoms with Crippen molar-refractivity contribution in [1.29, 1.82) is 5.26 Å². The molecule has 0 aliphatic heterocycles. The predicted octanol–water partition coefficient (Wildman–Crippen LogP) is 2.82. The maximum Gasteiger partial charge on any atom is 0.239 e. The molecule has 2 aromatic carbocycles. The molecule has 27 heavy (non-hydrogen) atoms. The summed E-state index contributed by atoms with van der Waals surface area (Å²) < 4.78 is 27.8. The largest absolute Gasteiger partial charge is 0.497 e.